The summed E-state index contributed by atoms with van der Waals surface area (Å²) in [6, 6.07) is 4.11. The maximum absolute atomic E-state index is 12.4. The molecule has 0 radical (unpaired) electrons. The number of amides is 1. The number of hydrogen-bond acceptors (Lipinski definition) is 5. The van der Waals surface area contributed by atoms with Crippen LogP contribution in [0.1, 0.15) is 31.1 Å². The van der Waals surface area contributed by atoms with Crippen LogP contribution in [0.3, 0.4) is 0 Å². The van der Waals surface area contributed by atoms with Crippen LogP contribution in [-0.4, -0.2) is 65.5 Å². The molecular formula is C17H28ClN3O3S. The number of thiophene rings is 1. The van der Waals surface area contributed by atoms with Crippen molar-refractivity contribution in [1.82, 2.24) is 15.1 Å². The van der Waals surface area contributed by atoms with Crippen molar-refractivity contribution < 1.29 is 14.7 Å². The molecule has 2 unspecified atom stereocenters. The number of aliphatic carboxylic acids is 1. The van der Waals surface area contributed by atoms with Crippen LogP contribution >= 0.6 is 23.7 Å². The summed E-state index contributed by atoms with van der Waals surface area (Å²) >= 11 is 1.64. The second-order valence-corrected chi connectivity index (χ2v) is 7.43. The highest BCUT2D eigenvalue weighted by Crippen LogP contribution is 2.17. The Kier molecular flexibility index (Phi) is 9.42. The Morgan fingerprint density at radius 1 is 1.44 bits per heavy atom. The highest BCUT2D eigenvalue weighted by Gasteiger charge is 2.26. The number of hydrogen-bond donors (Lipinski definition) is 2. The molecule has 0 aliphatic carbocycles. The normalized spacial score (nSPS) is 19.7. The number of carboxylic acid groups (broad SMARTS) is 1. The van der Waals surface area contributed by atoms with E-state index < -0.39 is 5.97 Å². The van der Waals surface area contributed by atoms with Gasteiger partial charge in [0.25, 0.3) is 0 Å². The van der Waals surface area contributed by atoms with E-state index in [4.69, 9.17) is 5.11 Å². The first-order valence-corrected chi connectivity index (χ1v) is 9.31. The number of likely N-dealkylation sites (N-methyl/N-ethyl adjacent to an activating group) is 1. The summed E-state index contributed by atoms with van der Waals surface area (Å²) in [6.07, 6.45) is 2.85. The van der Waals surface area contributed by atoms with Crippen LogP contribution in [0.25, 0.3) is 0 Å². The molecule has 0 saturated carbocycles. The topological polar surface area (TPSA) is 72.9 Å². The van der Waals surface area contributed by atoms with Crippen molar-refractivity contribution in [1.29, 1.82) is 0 Å². The highest BCUT2D eigenvalue weighted by molar-refractivity contribution is 7.09. The van der Waals surface area contributed by atoms with Crippen molar-refractivity contribution in [2.24, 2.45) is 0 Å². The number of rotatable bonds is 7. The van der Waals surface area contributed by atoms with E-state index in [1.165, 1.54) is 0 Å². The Labute approximate surface area is 159 Å². The smallest absolute Gasteiger partial charge is 0.317 e. The number of carbonyl (C=O) groups is 2. The summed E-state index contributed by atoms with van der Waals surface area (Å²) in [5.74, 6) is -0.735. The standard InChI is InChI=1S/C17H27N3O3S.ClH/c1-13(17(23)18-11-15-6-4-10-24-15)20-8-3-5-14(7-9-20)19(2)12-16(21)22;/h4,6,10,13-14H,3,5,7-9,11-12H2,1-2H3,(H,18,23)(H,21,22);1H. The monoisotopic (exact) mass is 389 g/mol. The van der Waals surface area contributed by atoms with Gasteiger partial charge in [-0.25, -0.2) is 0 Å². The van der Waals surface area contributed by atoms with Crippen molar-refractivity contribution in [3.63, 3.8) is 0 Å². The van der Waals surface area contributed by atoms with E-state index in [1.807, 2.05) is 36.4 Å². The SMILES string of the molecule is CC(C(=O)NCc1cccs1)N1CCCC(N(C)CC(=O)O)CC1.Cl. The van der Waals surface area contributed by atoms with Crippen molar-refractivity contribution in [2.45, 2.75) is 44.8 Å². The summed E-state index contributed by atoms with van der Waals surface area (Å²) in [6.45, 7) is 4.30. The third-order valence-corrected chi connectivity index (χ3v) is 5.56. The molecule has 1 saturated heterocycles. The molecule has 6 nitrogen and oxygen atoms in total. The molecular weight excluding hydrogens is 362 g/mol. The highest BCUT2D eigenvalue weighted by atomic mass is 35.5. The first-order valence-electron chi connectivity index (χ1n) is 8.43. The van der Waals surface area contributed by atoms with E-state index in [9.17, 15) is 9.59 Å². The van der Waals surface area contributed by atoms with Gasteiger partial charge in [-0.1, -0.05) is 6.07 Å². The number of nitrogens with one attached hydrogen (secondary N) is 1. The fraction of sp³-hybridized carbons (Fsp3) is 0.647. The molecule has 1 amide bonds. The van der Waals surface area contributed by atoms with Crippen LogP contribution < -0.4 is 5.32 Å². The van der Waals surface area contributed by atoms with Crippen molar-refractivity contribution in [3.8, 4) is 0 Å². The largest absolute Gasteiger partial charge is 0.480 e. The summed E-state index contributed by atoms with van der Waals surface area (Å²) in [4.78, 5) is 28.5. The van der Waals surface area contributed by atoms with Gasteiger partial charge in [0, 0.05) is 17.5 Å². The molecule has 2 heterocycles. The van der Waals surface area contributed by atoms with Gasteiger partial charge in [0.15, 0.2) is 0 Å². The van der Waals surface area contributed by atoms with Gasteiger partial charge in [0.2, 0.25) is 5.91 Å². The van der Waals surface area contributed by atoms with Gasteiger partial charge in [-0.2, -0.15) is 0 Å². The molecule has 0 spiro atoms. The fourth-order valence-corrected chi connectivity index (χ4v) is 3.82. The maximum atomic E-state index is 12.4. The molecule has 2 rings (SSSR count). The predicted molar refractivity (Wildman–Crippen MR) is 102 cm³/mol. The van der Waals surface area contributed by atoms with Crippen LogP contribution in [0.5, 0.6) is 0 Å². The minimum absolute atomic E-state index is 0. The third kappa shape index (κ3) is 6.93. The molecule has 25 heavy (non-hydrogen) atoms. The molecule has 1 aromatic rings. The second-order valence-electron chi connectivity index (χ2n) is 6.40. The molecule has 1 fully saturated rings. The molecule has 0 aromatic carbocycles. The zero-order valence-corrected chi connectivity index (χ0v) is 16.4. The molecule has 2 atom stereocenters. The molecule has 142 valence electrons. The molecule has 1 aliphatic heterocycles. The fourth-order valence-electron chi connectivity index (χ4n) is 3.17. The number of likely N-dealkylation sites (tertiary alicyclic amines) is 1. The van der Waals surface area contributed by atoms with E-state index in [1.54, 1.807) is 11.3 Å². The van der Waals surface area contributed by atoms with Gasteiger partial charge in [-0.3, -0.25) is 19.4 Å². The number of nitrogens with zero attached hydrogens (tertiary/aromatic N) is 2. The summed E-state index contributed by atoms with van der Waals surface area (Å²) in [5.41, 5.74) is 0. The number of halogens is 1. The predicted octanol–water partition coefficient (Wildman–Crippen LogP) is 2.05. The Balaban J connectivity index is 0.00000312. The minimum atomic E-state index is -0.792. The Bertz CT molecular complexity index is 541. The maximum Gasteiger partial charge on any atom is 0.317 e. The van der Waals surface area contributed by atoms with Crippen molar-refractivity contribution >= 4 is 35.6 Å². The van der Waals surface area contributed by atoms with Gasteiger partial charge in [-0.05, 0) is 51.2 Å². The van der Waals surface area contributed by atoms with Gasteiger partial charge in [0.1, 0.15) is 0 Å². The van der Waals surface area contributed by atoms with Crippen LogP contribution in [0.4, 0.5) is 0 Å². The van der Waals surface area contributed by atoms with Crippen LogP contribution in [-0.2, 0) is 16.1 Å². The number of carbonyl (C=O) groups excluding carboxylic acids is 1. The van der Waals surface area contributed by atoms with E-state index in [2.05, 4.69) is 10.2 Å². The van der Waals surface area contributed by atoms with E-state index >= 15 is 0 Å². The van der Waals surface area contributed by atoms with E-state index in [0.29, 0.717) is 6.54 Å². The Morgan fingerprint density at radius 2 is 2.20 bits per heavy atom. The van der Waals surface area contributed by atoms with Gasteiger partial charge < -0.3 is 10.4 Å². The molecule has 0 bridgehead atoms. The lowest BCUT2D eigenvalue weighted by molar-refractivity contribution is -0.138. The second kappa shape index (κ2) is 10.8. The van der Waals surface area contributed by atoms with Crippen LogP contribution in [0.15, 0.2) is 17.5 Å². The van der Waals surface area contributed by atoms with Crippen LogP contribution in [0, 0.1) is 0 Å². The molecule has 1 aliphatic rings. The Hall–Kier alpha value is -1.15. The zero-order valence-electron chi connectivity index (χ0n) is 14.8. The van der Waals surface area contributed by atoms with Gasteiger partial charge in [0.05, 0.1) is 19.1 Å². The minimum Gasteiger partial charge on any atom is -0.480 e. The van der Waals surface area contributed by atoms with Gasteiger partial charge in [-0.15, -0.1) is 23.7 Å². The summed E-state index contributed by atoms with van der Waals surface area (Å²) in [5, 5.41) is 13.9. The lowest BCUT2D eigenvalue weighted by Crippen LogP contribution is -2.45. The molecule has 8 heteroatoms. The zero-order chi connectivity index (χ0) is 17.5. The molecule has 1 aromatic heterocycles. The lowest BCUT2D eigenvalue weighted by Gasteiger charge is -2.28. The van der Waals surface area contributed by atoms with Crippen molar-refractivity contribution in [2.75, 3.05) is 26.7 Å². The Morgan fingerprint density at radius 3 is 2.84 bits per heavy atom. The average Bonchev–Trinajstić information content (AvgIpc) is 2.93. The first kappa shape index (κ1) is 21.9. The lowest BCUT2D eigenvalue weighted by atomic mass is 10.1. The van der Waals surface area contributed by atoms with E-state index in [0.717, 1.165) is 37.2 Å². The summed E-state index contributed by atoms with van der Waals surface area (Å²) < 4.78 is 0. The van der Waals surface area contributed by atoms with E-state index in [-0.39, 0.29) is 36.9 Å². The quantitative estimate of drug-likeness (QED) is 0.746. The third-order valence-electron chi connectivity index (χ3n) is 4.68. The first-order chi connectivity index (χ1) is 11.5. The van der Waals surface area contributed by atoms with Gasteiger partial charge >= 0.3 is 5.97 Å². The van der Waals surface area contributed by atoms with Crippen LogP contribution in [0.2, 0.25) is 0 Å². The molecule has 2 N–H and O–H groups in total. The average molecular weight is 390 g/mol. The van der Waals surface area contributed by atoms with Crippen molar-refractivity contribution in [3.05, 3.63) is 22.4 Å². The summed E-state index contributed by atoms with van der Waals surface area (Å²) in [7, 11) is 1.87. The number of carboxylic acids is 1.